The molecule has 4 atom stereocenters. The van der Waals surface area contributed by atoms with Crippen LogP contribution in [0.5, 0.6) is 0 Å². The maximum Gasteiger partial charge on any atom is 0.163 e. The fraction of sp³-hybridized carbons (Fsp3) is 0.429. The Morgan fingerprint density at radius 1 is 1.23 bits per heavy atom. The smallest absolute Gasteiger partial charge is 0.163 e. The fourth-order valence-electron chi connectivity index (χ4n) is 2.81. The maximum absolute atomic E-state index is 10.3. The number of aliphatic hydroxyl groups is 3. The van der Waals surface area contributed by atoms with Gasteiger partial charge in [-0.3, -0.25) is 0 Å². The van der Waals surface area contributed by atoms with Gasteiger partial charge < -0.3 is 24.6 Å². The van der Waals surface area contributed by atoms with Gasteiger partial charge in [0.2, 0.25) is 0 Å². The summed E-state index contributed by atoms with van der Waals surface area (Å²) in [6, 6.07) is 3.48. The van der Waals surface area contributed by atoms with Crippen molar-refractivity contribution in [2.45, 2.75) is 31.5 Å². The van der Waals surface area contributed by atoms with Crippen LogP contribution >= 0.6 is 45.8 Å². The zero-order valence-corrected chi connectivity index (χ0v) is 15.2. The Hall–Kier alpha value is -0.0900. The number of benzene rings is 1. The van der Waals surface area contributed by atoms with Crippen LogP contribution in [0, 0.1) is 10.5 Å². The molecule has 1 unspecified atom stereocenters. The largest absolute Gasteiger partial charge is 0.394 e. The molecule has 0 aliphatic carbocycles. The molecule has 1 saturated heterocycles. The van der Waals surface area contributed by atoms with Crippen LogP contribution in [0.15, 0.2) is 12.1 Å². The van der Waals surface area contributed by atoms with E-state index in [1.807, 2.05) is 6.92 Å². The summed E-state index contributed by atoms with van der Waals surface area (Å²) in [5, 5.41) is 31.2. The molecule has 3 rings (SSSR count). The van der Waals surface area contributed by atoms with Gasteiger partial charge in [0.05, 0.1) is 22.2 Å². The van der Waals surface area contributed by atoms with Crippen molar-refractivity contribution >= 4 is 56.7 Å². The van der Waals surface area contributed by atoms with E-state index in [0.717, 1.165) is 20.2 Å². The van der Waals surface area contributed by atoms with E-state index in [1.54, 1.807) is 16.7 Å². The molecule has 0 spiro atoms. The van der Waals surface area contributed by atoms with Crippen LogP contribution < -0.4 is 0 Å². The van der Waals surface area contributed by atoms with E-state index in [1.165, 1.54) is 0 Å². The lowest BCUT2D eigenvalue weighted by molar-refractivity contribution is -0.0514. The molecule has 22 heavy (non-hydrogen) atoms. The van der Waals surface area contributed by atoms with Crippen molar-refractivity contribution in [1.29, 1.82) is 0 Å². The molecule has 3 N–H and O–H groups in total. The SMILES string of the molecule is Cc1c(I)c2cc(Cl)c(Cl)cc2n1[C@@H]1O[C@H](CO)C(O)[C@@H]1O. The van der Waals surface area contributed by atoms with Crippen LogP contribution in [0.25, 0.3) is 10.9 Å². The van der Waals surface area contributed by atoms with Gasteiger partial charge in [0.1, 0.15) is 18.3 Å². The van der Waals surface area contributed by atoms with E-state index in [-0.39, 0.29) is 6.61 Å². The molecule has 1 fully saturated rings. The average Bonchev–Trinajstić information content (AvgIpc) is 2.89. The Labute approximate surface area is 150 Å². The lowest BCUT2D eigenvalue weighted by Crippen LogP contribution is -2.33. The second kappa shape index (κ2) is 6.08. The number of hydrogen-bond acceptors (Lipinski definition) is 4. The molecule has 1 aromatic heterocycles. The summed E-state index contributed by atoms with van der Waals surface area (Å²) in [7, 11) is 0. The average molecular weight is 458 g/mol. The van der Waals surface area contributed by atoms with E-state index in [2.05, 4.69) is 22.6 Å². The van der Waals surface area contributed by atoms with Crippen LogP contribution in [0.2, 0.25) is 10.0 Å². The van der Waals surface area contributed by atoms with Crippen molar-refractivity contribution in [2.75, 3.05) is 6.61 Å². The lowest BCUT2D eigenvalue weighted by Gasteiger charge is -2.20. The molecule has 0 saturated carbocycles. The van der Waals surface area contributed by atoms with Gasteiger partial charge in [0, 0.05) is 14.7 Å². The fourth-order valence-corrected chi connectivity index (χ4v) is 3.83. The second-order valence-electron chi connectivity index (χ2n) is 5.28. The Balaban J connectivity index is 2.19. The number of nitrogens with zero attached hydrogens (tertiary/aromatic N) is 1. The molecule has 120 valence electrons. The van der Waals surface area contributed by atoms with Crippen molar-refractivity contribution < 1.29 is 20.1 Å². The van der Waals surface area contributed by atoms with Crippen LogP contribution in [-0.4, -0.2) is 44.8 Å². The third-order valence-corrected chi connectivity index (χ3v) is 6.07. The van der Waals surface area contributed by atoms with Crippen LogP contribution in [0.3, 0.4) is 0 Å². The predicted octanol–water partition coefficient (Wildman–Crippen LogP) is 2.47. The zero-order chi connectivity index (χ0) is 16.2. The van der Waals surface area contributed by atoms with E-state index in [0.29, 0.717) is 10.0 Å². The van der Waals surface area contributed by atoms with Gasteiger partial charge in [-0.25, -0.2) is 0 Å². The molecule has 5 nitrogen and oxygen atoms in total. The first-order valence-electron chi connectivity index (χ1n) is 6.64. The predicted molar refractivity (Wildman–Crippen MR) is 92.4 cm³/mol. The highest BCUT2D eigenvalue weighted by molar-refractivity contribution is 14.1. The molecule has 2 heterocycles. The van der Waals surface area contributed by atoms with Crippen molar-refractivity contribution in [2.24, 2.45) is 0 Å². The normalized spacial score (nSPS) is 28.7. The summed E-state index contributed by atoms with van der Waals surface area (Å²) >= 11 is 14.4. The molecule has 1 aliphatic rings. The highest BCUT2D eigenvalue weighted by Crippen LogP contribution is 2.39. The molecular formula is C14H14Cl2INO4. The standard InChI is InChI=1S/C14H14Cl2INO4/c1-5-11(17)6-2-7(15)8(16)3-9(6)18(5)14-13(21)12(20)10(4-19)22-14/h2-3,10,12-14,19-21H,4H2,1H3/t10-,12?,13+,14-/m1/s1. The molecule has 2 aromatic rings. The minimum Gasteiger partial charge on any atom is -0.394 e. The van der Waals surface area contributed by atoms with Crippen LogP contribution in [0.1, 0.15) is 11.9 Å². The summed E-state index contributed by atoms with van der Waals surface area (Å²) < 4.78 is 8.37. The Bertz CT molecular complexity index is 735. The summed E-state index contributed by atoms with van der Waals surface area (Å²) in [5.74, 6) is 0. The van der Waals surface area contributed by atoms with Gasteiger partial charge in [-0.05, 0) is 41.6 Å². The van der Waals surface area contributed by atoms with E-state index < -0.39 is 24.5 Å². The number of halogens is 3. The minimum absolute atomic E-state index is 0.364. The van der Waals surface area contributed by atoms with Gasteiger partial charge in [0.25, 0.3) is 0 Å². The second-order valence-corrected chi connectivity index (χ2v) is 7.17. The summed E-state index contributed by atoms with van der Waals surface area (Å²) in [6.07, 6.45) is -3.91. The summed E-state index contributed by atoms with van der Waals surface area (Å²) in [6.45, 7) is 1.52. The van der Waals surface area contributed by atoms with Crippen molar-refractivity contribution in [1.82, 2.24) is 4.57 Å². The third kappa shape index (κ3) is 2.45. The summed E-state index contributed by atoms with van der Waals surface area (Å²) in [4.78, 5) is 0. The molecule has 0 amide bonds. The van der Waals surface area contributed by atoms with Gasteiger partial charge in [0.15, 0.2) is 6.23 Å². The lowest BCUT2D eigenvalue weighted by atomic mass is 10.1. The van der Waals surface area contributed by atoms with Crippen LogP contribution in [0.4, 0.5) is 0 Å². The van der Waals surface area contributed by atoms with Crippen molar-refractivity contribution in [3.63, 3.8) is 0 Å². The number of aliphatic hydroxyl groups excluding tert-OH is 3. The topological polar surface area (TPSA) is 74.9 Å². The first kappa shape index (κ1) is 16.8. The van der Waals surface area contributed by atoms with E-state index >= 15 is 0 Å². The first-order valence-corrected chi connectivity index (χ1v) is 8.47. The summed E-state index contributed by atoms with van der Waals surface area (Å²) in [5.41, 5.74) is 1.62. The van der Waals surface area contributed by atoms with Crippen molar-refractivity contribution in [3.05, 3.63) is 31.4 Å². The molecule has 1 aromatic carbocycles. The Kier molecular flexibility index (Phi) is 4.63. The number of rotatable bonds is 2. The molecule has 8 heteroatoms. The third-order valence-electron chi connectivity index (χ3n) is 3.99. The Morgan fingerprint density at radius 2 is 1.86 bits per heavy atom. The highest BCUT2D eigenvalue weighted by atomic mass is 127. The number of ether oxygens (including phenoxy) is 1. The highest BCUT2D eigenvalue weighted by Gasteiger charge is 2.44. The first-order chi connectivity index (χ1) is 10.4. The molecule has 1 aliphatic heterocycles. The minimum atomic E-state index is -1.15. The van der Waals surface area contributed by atoms with E-state index in [4.69, 9.17) is 27.9 Å². The number of fused-ring (bicyclic) bond motifs is 1. The van der Waals surface area contributed by atoms with Crippen molar-refractivity contribution in [3.8, 4) is 0 Å². The van der Waals surface area contributed by atoms with Gasteiger partial charge in [-0.15, -0.1) is 0 Å². The zero-order valence-electron chi connectivity index (χ0n) is 11.5. The van der Waals surface area contributed by atoms with Crippen LogP contribution in [-0.2, 0) is 4.74 Å². The monoisotopic (exact) mass is 457 g/mol. The Morgan fingerprint density at radius 3 is 2.45 bits per heavy atom. The van der Waals surface area contributed by atoms with Gasteiger partial charge >= 0.3 is 0 Å². The maximum atomic E-state index is 10.3. The van der Waals surface area contributed by atoms with Gasteiger partial charge in [-0.1, -0.05) is 23.2 Å². The molecular weight excluding hydrogens is 444 g/mol. The molecule has 0 radical (unpaired) electrons. The number of aromatic nitrogens is 1. The quantitative estimate of drug-likeness (QED) is 0.605. The van der Waals surface area contributed by atoms with E-state index in [9.17, 15) is 15.3 Å². The van der Waals surface area contributed by atoms with Gasteiger partial charge in [-0.2, -0.15) is 0 Å². The molecule has 0 bridgehead atoms. The number of hydrogen-bond donors (Lipinski definition) is 3.